The molecular weight excluding hydrogens is 228 g/mol. The molecule has 1 aromatic carbocycles. The third-order valence-corrected chi connectivity index (χ3v) is 3.14. The molecule has 0 saturated carbocycles. The molecule has 0 radical (unpaired) electrons. The van der Waals surface area contributed by atoms with E-state index in [0.29, 0.717) is 0 Å². The van der Waals surface area contributed by atoms with Crippen molar-refractivity contribution in [1.29, 1.82) is 0 Å². The molecule has 1 N–H and O–H groups in total. The van der Waals surface area contributed by atoms with Gasteiger partial charge in [0, 0.05) is 12.4 Å². The summed E-state index contributed by atoms with van der Waals surface area (Å²) in [7, 11) is 0. The lowest BCUT2D eigenvalue weighted by Gasteiger charge is -2.31. The molecule has 1 heterocycles. The summed E-state index contributed by atoms with van der Waals surface area (Å²) in [6, 6.07) is 11.1. The van der Waals surface area contributed by atoms with Crippen molar-refractivity contribution >= 4 is 5.97 Å². The lowest BCUT2D eigenvalue weighted by molar-refractivity contribution is -0.148. The Hall–Kier alpha value is -2.10. The van der Waals surface area contributed by atoms with Crippen molar-refractivity contribution in [2.24, 2.45) is 5.41 Å². The van der Waals surface area contributed by atoms with Crippen LogP contribution in [0.4, 0.5) is 0 Å². The van der Waals surface area contributed by atoms with Gasteiger partial charge in [-0.1, -0.05) is 30.3 Å². The summed E-state index contributed by atoms with van der Waals surface area (Å²) in [4.78, 5) is 11.5. The van der Waals surface area contributed by atoms with Crippen LogP contribution >= 0.6 is 0 Å². The van der Waals surface area contributed by atoms with Crippen molar-refractivity contribution < 1.29 is 9.90 Å². The largest absolute Gasteiger partial charge is 0.481 e. The van der Waals surface area contributed by atoms with Crippen LogP contribution in [-0.4, -0.2) is 20.9 Å². The SMILES string of the molecule is CC(C)(C(=O)O)C(c1ccccc1)n1cccn1. The Kier molecular flexibility index (Phi) is 3.19. The first-order chi connectivity index (χ1) is 8.53. The molecular formula is C14H16N2O2. The van der Waals surface area contributed by atoms with Crippen LogP contribution in [0.15, 0.2) is 48.8 Å². The molecule has 0 amide bonds. The Labute approximate surface area is 106 Å². The summed E-state index contributed by atoms with van der Waals surface area (Å²) < 4.78 is 1.70. The minimum Gasteiger partial charge on any atom is -0.481 e. The van der Waals surface area contributed by atoms with Gasteiger partial charge >= 0.3 is 5.97 Å². The predicted molar refractivity (Wildman–Crippen MR) is 68.2 cm³/mol. The number of carboxylic acids is 1. The molecule has 18 heavy (non-hydrogen) atoms. The summed E-state index contributed by atoms with van der Waals surface area (Å²) in [6.07, 6.45) is 3.45. The van der Waals surface area contributed by atoms with E-state index in [0.717, 1.165) is 5.56 Å². The Bertz CT molecular complexity index is 518. The van der Waals surface area contributed by atoms with Crippen LogP contribution in [0.5, 0.6) is 0 Å². The molecule has 0 aliphatic carbocycles. The summed E-state index contributed by atoms with van der Waals surface area (Å²) >= 11 is 0. The van der Waals surface area contributed by atoms with Crippen molar-refractivity contribution in [3.05, 3.63) is 54.4 Å². The summed E-state index contributed by atoms with van der Waals surface area (Å²) in [6.45, 7) is 3.43. The summed E-state index contributed by atoms with van der Waals surface area (Å²) in [5.74, 6) is -0.841. The molecule has 0 bridgehead atoms. The third-order valence-electron chi connectivity index (χ3n) is 3.14. The van der Waals surface area contributed by atoms with Crippen LogP contribution in [0.1, 0.15) is 25.5 Å². The highest BCUT2D eigenvalue weighted by molar-refractivity contribution is 5.75. The zero-order valence-electron chi connectivity index (χ0n) is 10.4. The van der Waals surface area contributed by atoms with Gasteiger partial charge in [0.1, 0.15) is 0 Å². The third kappa shape index (κ3) is 2.14. The van der Waals surface area contributed by atoms with Gasteiger partial charge in [0.05, 0.1) is 11.5 Å². The van der Waals surface area contributed by atoms with Gasteiger partial charge in [-0.15, -0.1) is 0 Å². The summed E-state index contributed by atoms with van der Waals surface area (Å²) in [5, 5.41) is 13.6. The highest BCUT2D eigenvalue weighted by Gasteiger charge is 2.39. The second kappa shape index (κ2) is 4.64. The number of rotatable bonds is 4. The molecule has 4 heteroatoms. The zero-order valence-corrected chi connectivity index (χ0v) is 10.4. The van der Waals surface area contributed by atoms with Gasteiger partial charge in [0.15, 0.2) is 0 Å². The van der Waals surface area contributed by atoms with Gasteiger partial charge in [-0.25, -0.2) is 0 Å². The maximum atomic E-state index is 11.5. The molecule has 0 aliphatic heterocycles. The van der Waals surface area contributed by atoms with Gasteiger partial charge in [-0.2, -0.15) is 5.10 Å². The lowest BCUT2D eigenvalue weighted by atomic mass is 9.80. The Morgan fingerprint density at radius 1 is 1.28 bits per heavy atom. The normalized spacial score (nSPS) is 13.2. The highest BCUT2D eigenvalue weighted by atomic mass is 16.4. The number of benzene rings is 1. The van der Waals surface area contributed by atoms with Crippen molar-refractivity contribution in [2.75, 3.05) is 0 Å². The Morgan fingerprint density at radius 3 is 2.44 bits per heavy atom. The average Bonchev–Trinajstić information content (AvgIpc) is 2.83. The van der Waals surface area contributed by atoms with Gasteiger partial charge < -0.3 is 5.11 Å². The fourth-order valence-electron chi connectivity index (χ4n) is 2.09. The first-order valence-electron chi connectivity index (χ1n) is 5.81. The van der Waals surface area contributed by atoms with Crippen LogP contribution in [-0.2, 0) is 4.79 Å². The molecule has 1 aromatic heterocycles. The molecule has 1 unspecified atom stereocenters. The van der Waals surface area contributed by atoms with Crippen molar-refractivity contribution in [2.45, 2.75) is 19.9 Å². The number of hydrogen-bond acceptors (Lipinski definition) is 2. The minimum absolute atomic E-state index is 0.328. The number of carboxylic acid groups (broad SMARTS) is 1. The Morgan fingerprint density at radius 2 is 1.94 bits per heavy atom. The van der Waals surface area contributed by atoms with Crippen molar-refractivity contribution in [3.8, 4) is 0 Å². The number of aliphatic carboxylic acids is 1. The van der Waals surface area contributed by atoms with Crippen molar-refractivity contribution in [3.63, 3.8) is 0 Å². The highest BCUT2D eigenvalue weighted by Crippen LogP contribution is 2.36. The van der Waals surface area contributed by atoms with E-state index in [2.05, 4.69) is 5.10 Å². The second-order valence-corrected chi connectivity index (χ2v) is 4.83. The number of carbonyl (C=O) groups is 1. The van der Waals surface area contributed by atoms with E-state index in [1.54, 1.807) is 37.0 Å². The molecule has 2 aromatic rings. The van der Waals surface area contributed by atoms with Crippen molar-refractivity contribution in [1.82, 2.24) is 9.78 Å². The van der Waals surface area contributed by atoms with E-state index < -0.39 is 11.4 Å². The first-order valence-corrected chi connectivity index (χ1v) is 5.81. The molecule has 2 rings (SSSR count). The van der Waals surface area contributed by atoms with Crippen LogP contribution in [0.25, 0.3) is 0 Å². The van der Waals surface area contributed by atoms with E-state index >= 15 is 0 Å². The Balaban J connectivity index is 2.52. The molecule has 0 saturated heterocycles. The van der Waals surface area contributed by atoms with Gasteiger partial charge in [0.25, 0.3) is 0 Å². The maximum Gasteiger partial charge on any atom is 0.311 e. The number of nitrogens with zero attached hydrogens (tertiary/aromatic N) is 2. The van der Waals surface area contributed by atoms with Gasteiger partial charge in [0.2, 0.25) is 0 Å². The van der Waals surface area contributed by atoms with Crippen LogP contribution in [0, 0.1) is 5.41 Å². The second-order valence-electron chi connectivity index (χ2n) is 4.83. The first kappa shape index (κ1) is 12.4. The molecule has 94 valence electrons. The topological polar surface area (TPSA) is 55.1 Å². The monoisotopic (exact) mass is 244 g/mol. The quantitative estimate of drug-likeness (QED) is 0.899. The molecule has 0 spiro atoms. The van der Waals surface area contributed by atoms with Gasteiger partial charge in [-0.3, -0.25) is 9.48 Å². The summed E-state index contributed by atoms with van der Waals surface area (Å²) in [5.41, 5.74) is 0.00139. The van der Waals surface area contributed by atoms with E-state index in [1.165, 1.54) is 0 Å². The standard InChI is InChI=1S/C14H16N2O2/c1-14(2,13(17)18)12(16-10-6-9-15-16)11-7-4-3-5-8-11/h3-10,12H,1-2H3,(H,17,18). The number of aromatic nitrogens is 2. The number of hydrogen-bond donors (Lipinski definition) is 1. The van der Waals surface area contributed by atoms with E-state index in [-0.39, 0.29) is 6.04 Å². The molecule has 1 atom stereocenters. The minimum atomic E-state index is -0.937. The van der Waals surface area contributed by atoms with Gasteiger partial charge in [-0.05, 0) is 25.5 Å². The zero-order chi connectivity index (χ0) is 13.2. The fourth-order valence-corrected chi connectivity index (χ4v) is 2.09. The van der Waals surface area contributed by atoms with Crippen LogP contribution < -0.4 is 0 Å². The van der Waals surface area contributed by atoms with Crippen LogP contribution in [0.2, 0.25) is 0 Å². The average molecular weight is 244 g/mol. The maximum absolute atomic E-state index is 11.5. The molecule has 0 aliphatic rings. The van der Waals surface area contributed by atoms with E-state index in [4.69, 9.17) is 0 Å². The fraction of sp³-hybridized carbons (Fsp3) is 0.286. The predicted octanol–water partition coefficient (Wildman–Crippen LogP) is 2.58. The smallest absolute Gasteiger partial charge is 0.311 e. The van der Waals surface area contributed by atoms with Crippen LogP contribution in [0.3, 0.4) is 0 Å². The lowest BCUT2D eigenvalue weighted by Crippen LogP contribution is -2.35. The molecule has 0 fully saturated rings. The van der Waals surface area contributed by atoms with E-state index in [9.17, 15) is 9.90 Å². The van der Waals surface area contributed by atoms with E-state index in [1.807, 2.05) is 30.3 Å². The molecule has 4 nitrogen and oxygen atoms in total.